The van der Waals surface area contributed by atoms with Gasteiger partial charge in [-0.1, -0.05) is 25.5 Å². The normalized spacial score (nSPS) is 16.0. The first-order chi connectivity index (χ1) is 11.1. The van der Waals surface area contributed by atoms with Gasteiger partial charge in [0.15, 0.2) is 0 Å². The number of anilines is 1. The number of para-hydroxylation sites is 1. The number of benzene rings is 1. The van der Waals surface area contributed by atoms with Gasteiger partial charge in [0, 0.05) is 17.9 Å². The Morgan fingerprint density at radius 1 is 1.26 bits per heavy atom. The molecule has 8 heteroatoms. The second-order valence-electron chi connectivity index (χ2n) is 5.08. The molecule has 0 spiro atoms. The van der Waals surface area contributed by atoms with Gasteiger partial charge in [0.25, 0.3) is 0 Å². The van der Waals surface area contributed by atoms with E-state index in [4.69, 9.17) is 0 Å². The van der Waals surface area contributed by atoms with Crippen molar-refractivity contribution in [1.82, 2.24) is 16.2 Å². The van der Waals surface area contributed by atoms with Crippen LogP contribution in [0.1, 0.15) is 26.2 Å². The lowest BCUT2D eigenvalue weighted by Gasteiger charge is -2.23. The number of urea groups is 1. The lowest BCUT2D eigenvalue weighted by molar-refractivity contribution is -0.124. The lowest BCUT2D eigenvalue weighted by atomic mass is 10.2. The number of rotatable bonds is 5. The Balaban J connectivity index is 1.77. The molecule has 0 aliphatic carbocycles. The minimum atomic E-state index is -0.519. The summed E-state index contributed by atoms with van der Waals surface area (Å²) in [5.74, 6) is -0.626. The molecule has 7 nitrogen and oxygen atoms in total. The van der Waals surface area contributed by atoms with Crippen molar-refractivity contribution in [3.8, 4) is 0 Å². The number of hydrogen-bond acceptors (Lipinski definition) is 4. The van der Waals surface area contributed by atoms with Crippen molar-refractivity contribution in [3.63, 3.8) is 0 Å². The molecule has 0 fully saturated rings. The summed E-state index contributed by atoms with van der Waals surface area (Å²) in [7, 11) is 0. The highest BCUT2D eigenvalue weighted by molar-refractivity contribution is 8.01. The zero-order valence-corrected chi connectivity index (χ0v) is 13.7. The first-order valence-corrected chi connectivity index (χ1v) is 8.37. The maximum absolute atomic E-state index is 12.0. The number of fused-ring (bicyclic) bond motifs is 1. The molecule has 1 aliphatic rings. The average molecular weight is 336 g/mol. The summed E-state index contributed by atoms with van der Waals surface area (Å²) >= 11 is 1.34. The molecule has 1 heterocycles. The fourth-order valence-electron chi connectivity index (χ4n) is 2.00. The Morgan fingerprint density at radius 2 is 2.04 bits per heavy atom. The summed E-state index contributed by atoms with van der Waals surface area (Å²) in [5.41, 5.74) is 5.34. The molecule has 0 aromatic heterocycles. The number of carbonyl (C=O) groups excluding carboxylic acids is 3. The zero-order valence-electron chi connectivity index (χ0n) is 12.8. The molecular formula is C15H20N4O3S. The second kappa shape index (κ2) is 8.42. The number of nitrogens with one attached hydrogen (secondary N) is 4. The van der Waals surface area contributed by atoms with Crippen molar-refractivity contribution in [2.45, 2.75) is 36.3 Å². The fraction of sp³-hybridized carbons (Fsp3) is 0.400. The molecule has 0 saturated heterocycles. The van der Waals surface area contributed by atoms with E-state index >= 15 is 0 Å². The summed E-state index contributed by atoms with van der Waals surface area (Å²) in [6.07, 6.45) is 1.84. The highest BCUT2D eigenvalue weighted by Crippen LogP contribution is 2.36. The van der Waals surface area contributed by atoms with Gasteiger partial charge < -0.3 is 10.6 Å². The Hall–Kier alpha value is -2.22. The van der Waals surface area contributed by atoms with Crippen LogP contribution in [0.2, 0.25) is 0 Å². The number of hydrazine groups is 1. The molecule has 0 radical (unpaired) electrons. The zero-order chi connectivity index (χ0) is 16.7. The third-order valence-electron chi connectivity index (χ3n) is 3.21. The van der Waals surface area contributed by atoms with E-state index < -0.39 is 17.2 Å². The maximum atomic E-state index is 12.0. The number of carbonyl (C=O) groups is 3. The van der Waals surface area contributed by atoms with Crippen LogP contribution in [0.15, 0.2) is 29.2 Å². The molecule has 0 saturated carbocycles. The highest BCUT2D eigenvalue weighted by atomic mass is 32.2. The van der Waals surface area contributed by atoms with E-state index in [1.165, 1.54) is 11.8 Å². The third-order valence-corrected chi connectivity index (χ3v) is 4.48. The van der Waals surface area contributed by atoms with Gasteiger partial charge in [0.1, 0.15) is 0 Å². The number of hydrogen-bond donors (Lipinski definition) is 4. The van der Waals surface area contributed by atoms with Crippen LogP contribution >= 0.6 is 11.8 Å². The van der Waals surface area contributed by atoms with Crippen molar-refractivity contribution in [1.29, 1.82) is 0 Å². The maximum Gasteiger partial charge on any atom is 0.333 e. The smallest absolute Gasteiger partial charge is 0.333 e. The van der Waals surface area contributed by atoms with E-state index in [0.717, 1.165) is 23.4 Å². The first kappa shape index (κ1) is 17.1. The van der Waals surface area contributed by atoms with E-state index in [-0.39, 0.29) is 12.3 Å². The predicted octanol–water partition coefficient (Wildman–Crippen LogP) is 1.62. The van der Waals surface area contributed by atoms with Gasteiger partial charge in [-0.05, 0) is 18.6 Å². The van der Waals surface area contributed by atoms with Crippen LogP contribution in [-0.4, -0.2) is 29.6 Å². The van der Waals surface area contributed by atoms with Crippen molar-refractivity contribution < 1.29 is 14.4 Å². The largest absolute Gasteiger partial charge is 0.337 e. The van der Waals surface area contributed by atoms with Crippen LogP contribution in [0.25, 0.3) is 0 Å². The van der Waals surface area contributed by atoms with Gasteiger partial charge in [-0.3, -0.25) is 15.0 Å². The van der Waals surface area contributed by atoms with Crippen LogP contribution in [0, 0.1) is 0 Å². The molecular weight excluding hydrogens is 316 g/mol. The summed E-state index contributed by atoms with van der Waals surface area (Å²) in [6.45, 7) is 2.57. The number of thioether (sulfide) groups is 1. The molecule has 23 heavy (non-hydrogen) atoms. The molecule has 1 aliphatic heterocycles. The van der Waals surface area contributed by atoms with Crippen molar-refractivity contribution in [3.05, 3.63) is 24.3 Å². The molecule has 4 N–H and O–H groups in total. The Labute approximate surface area is 138 Å². The summed E-state index contributed by atoms with van der Waals surface area (Å²) in [4.78, 5) is 36.2. The molecule has 2 rings (SSSR count). The molecule has 0 bridgehead atoms. The fourth-order valence-corrected chi connectivity index (χ4v) is 3.11. The van der Waals surface area contributed by atoms with Crippen LogP contribution in [0.5, 0.6) is 0 Å². The van der Waals surface area contributed by atoms with Gasteiger partial charge in [0.05, 0.1) is 10.9 Å². The average Bonchev–Trinajstić information content (AvgIpc) is 2.54. The summed E-state index contributed by atoms with van der Waals surface area (Å²) in [5, 5.41) is 4.87. The van der Waals surface area contributed by atoms with E-state index in [1.807, 2.05) is 31.2 Å². The van der Waals surface area contributed by atoms with Gasteiger partial charge in [0.2, 0.25) is 11.8 Å². The minimum absolute atomic E-state index is 0.0138. The van der Waals surface area contributed by atoms with Gasteiger partial charge in [-0.25, -0.2) is 10.2 Å². The monoisotopic (exact) mass is 336 g/mol. The molecule has 1 atom stereocenters. The molecule has 124 valence electrons. The van der Waals surface area contributed by atoms with Gasteiger partial charge >= 0.3 is 6.03 Å². The molecule has 1 aromatic rings. The van der Waals surface area contributed by atoms with E-state index in [1.54, 1.807) is 0 Å². The minimum Gasteiger partial charge on any atom is -0.337 e. The van der Waals surface area contributed by atoms with Crippen molar-refractivity contribution in [2.75, 3.05) is 11.9 Å². The van der Waals surface area contributed by atoms with Crippen LogP contribution in [0.4, 0.5) is 10.5 Å². The Morgan fingerprint density at radius 3 is 2.83 bits per heavy atom. The van der Waals surface area contributed by atoms with Crippen molar-refractivity contribution in [2.24, 2.45) is 0 Å². The summed E-state index contributed by atoms with van der Waals surface area (Å²) in [6, 6.07) is 6.97. The third kappa shape index (κ3) is 5.17. The van der Waals surface area contributed by atoms with E-state index in [9.17, 15) is 14.4 Å². The molecule has 0 unspecified atom stereocenters. The number of unbranched alkanes of at least 4 members (excludes halogenated alkanes) is 1. The predicted molar refractivity (Wildman–Crippen MR) is 88.9 cm³/mol. The van der Waals surface area contributed by atoms with Crippen LogP contribution in [-0.2, 0) is 9.59 Å². The van der Waals surface area contributed by atoms with Crippen LogP contribution in [0.3, 0.4) is 0 Å². The van der Waals surface area contributed by atoms with Crippen LogP contribution < -0.4 is 21.5 Å². The standard InChI is InChI=1S/C15H20N4O3S/c1-2-3-8-16-15(22)19-18-13(20)9-12-14(21)17-10-6-4-5-7-11(10)23-12/h4-7,12H,2-3,8-9H2,1H3,(H,17,21)(H,18,20)(H2,16,19,22)/t12-/m0/s1. The highest BCUT2D eigenvalue weighted by Gasteiger charge is 2.28. The van der Waals surface area contributed by atoms with E-state index in [2.05, 4.69) is 21.5 Å². The molecule has 4 amide bonds. The van der Waals surface area contributed by atoms with Gasteiger partial charge in [-0.15, -0.1) is 11.8 Å². The quantitative estimate of drug-likeness (QED) is 0.485. The number of amides is 4. The van der Waals surface area contributed by atoms with Gasteiger partial charge in [-0.2, -0.15) is 0 Å². The Kier molecular flexibility index (Phi) is 6.28. The second-order valence-corrected chi connectivity index (χ2v) is 6.32. The van der Waals surface area contributed by atoms with Crippen molar-refractivity contribution >= 4 is 35.3 Å². The summed E-state index contributed by atoms with van der Waals surface area (Å²) < 4.78 is 0. The topological polar surface area (TPSA) is 99.3 Å². The SMILES string of the molecule is CCCCNC(=O)NNC(=O)C[C@@H]1Sc2ccccc2NC1=O. The van der Waals surface area contributed by atoms with E-state index in [0.29, 0.717) is 6.54 Å². The molecule has 1 aromatic carbocycles. The lowest BCUT2D eigenvalue weighted by Crippen LogP contribution is -2.48. The first-order valence-electron chi connectivity index (χ1n) is 7.49. The Bertz CT molecular complexity index is 594.